The second kappa shape index (κ2) is 6.43. The molecule has 0 aliphatic carbocycles. The third-order valence-corrected chi connectivity index (χ3v) is 3.40. The van der Waals surface area contributed by atoms with E-state index in [0.717, 1.165) is 24.5 Å². The predicted octanol–water partition coefficient (Wildman–Crippen LogP) is 2.15. The zero-order chi connectivity index (χ0) is 13.7. The van der Waals surface area contributed by atoms with Crippen LogP contribution in [0.15, 0.2) is 30.3 Å². The van der Waals surface area contributed by atoms with E-state index >= 15 is 0 Å². The van der Waals surface area contributed by atoms with E-state index in [1.54, 1.807) is 0 Å². The summed E-state index contributed by atoms with van der Waals surface area (Å²) in [4.78, 5) is 0. The number of benzene rings is 1. The Balaban J connectivity index is 2.32. The molecule has 2 unspecified atom stereocenters. The van der Waals surface area contributed by atoms with E-state index in [0.29, 0.717) is 12.0 Å². The lowest BCUT2D eigenvalue weighted by Gasteiger charge is -2.22. The summed E-state index contributed by atoms with van der Waals surface area (Å²) in [7, 11) is 0. The first kappa shape index (κ1) is 13.7. The van der Waals surface area contributed by atoms with Crippen LogP contribution in [-0.2, 0) is 0 Å². The Morgan fingerprint density at radius 1 is 1.21 bits per heavy atom. The van der Waals surface area contributed by atoms with Crippen molar-refractivity contribution in [3.63, 3.8) is 0 Å². The fourth-order valence-corrected chi connectivity index (χ4v) is 2.40. The van der Waals surface area contributed by atoms with E-state index < -0.39 is 0 Å². The number of nitrogens with one attached hydrogen (secondary N) is 1. The van der Waals surface area contributed by atoms with Gasteiger partial charge in [-0.15, -0.1) is 5.10 Å². The van der Waals surface area contributed by atoms with Gasteiger partial charge in [0.25, 0.3) is 0 Å². The van der Waals surface area contributed by atoms with Crippen molar-refractivity contribution in [1.82, 2.24) is 25.5 Å². The molecule has 0 aliphatic rings. The number of nitrogens with zero attached hydrogens (tertiary/aromatic N) is 4. The minimum Gasteiger partial charge on any atom is -0.314 e. The van der Waals surface area contributed by atoms with Crippen LogP contribution in [0, 0.1) is 0 Å². The normalized spacial score (nSPS) is 14.3. The number of aromatic nitrogens is 4. The van der Waals surface area contributed by atoms with Crippen molar-refractivity contribution < 1.29 is 0 Å². The van der Waals surface area contributed by atoms with Crippen LogP contribution in [-0.4, -0.2) is 32.8 Å². The molecule has 1 aromatic carbocycles. The minimum atomic E-state index is 0.301. The maximum atomic E-state index is 4.23. The number of hydrogen-bond donors (Lipinski definition) is 1. The Kier molecular flexibility index (Phi) is 4.63. The van der Waals surface area contributed by atoms with Crippen LogP contribution in [0.5, 0.6) is 0 Å². The molecule has 0 saturated heterocycles. The highest BCUT2D eigenvalue weighted by Gasteiger charge is 2.23. The van der Waals surface area contributed by atoms with Crippen LogP contribution in [0.1, 0.15) is 38.9 Å². The predicted molar refractivity (Wildman–Crippen MR) is 75.3 cm³/mol. The summed E-state index contributed by atoms with van der Waals surface area (Å²) in [6.07, 6.45) is 1.00. The largest absolute Gasteiger partial charge is 0.314 e. The molecule has 1 N–H and O–H groups in total. The van der Waals surface area contributed by atoms with Gasteiger partial charge in [0.15, 0.2) is 5.82 Å². The zero-order valence-corrected chi connectivity index (χ0v) is 11.7. The average molecular weight is 259 g/mol. The van der Waals surface area contributed by atoms with E-state index in [2.05, 4.69) is 41.6 Å². The Hall–Kier alpha value is -1.75. The molecule has 5 nitrogen and oxygen atoms in total. The lowest BCUT2D eigenvalue weighted by molar-refractivity contribution is 0.437. The lowest BCUT2D eigenvalue weighted by Crippen LogP contribution is -2.33. The maximum absolute atomic E-state index is 4.23. The van der Waals surface area contributed by atoms with Gasteiger partial charge in [0.05, 0.1) is 5.69 Å². The van der Waals surface area contributed by atoms with Crippen molar-refractivity contribution in [2.45, 2.75) is 39.2 Å². The summed E-state index contributed by atoms with van der Waals surface area (Å²) >= 11 is 0. The highest BCUT2D eigenvalue weighted by atomic mass is 15.5. The van der Waals surface area contributed by atoms with Gasteiger partial charge in [0.1, 0.15) is 0 Å². The number of likely N-dealkylation sites (N-methyl/N-ethyl adjacent to an activating group) is 1. The van der Waals surface area contributed by atoms with Gasteiger partial charge < -0.3 is 5.32 Å². The molecule has 5 heteroatoms. The van der Waals surface area contributed by atoms with Gasteiger partial charge in [-0.25, -0.2) is 0 Å². The Labute approximate surface area is 114 Å². The van der Waals surface area contributed by atoms with Crippen LogP contribution in [0.3, 0.4) is 0 Å². The van der Waals surface area contributed by atoms with E-state index in [1.807, 2.05) is 35.0 Å². The van der Waals surface area contributed by atoms with Gasteiger partial charge in [-0.1, -0.05) is 32.0 Å². The van der Waals surface area contributed by atoms with Gasteiger partial charge in [0.2, 0.25) is 0 Å². The number of para-hydroxylation sites is 1. The molecular formula is C14H21N5. The molecule has 19 heavy (non-hydrogen) atoms. The molecule has 0 radical (unpaired) electrons. The average Bonchev–Trinajstić information content (AvgIpc) is 2.90. The van der Waals surface area contributed by atoms with Crippen molar-refractivity contribution in [2.75, 3.05) is 6.54 Å². The van der Waals surface area contributed by atoms with Crippen molar-refractivity contribution >= 4 is 0 Å². The molecule has 0 saturated carbocycles. The molecule has 0 aliphatic heterocycles. The van der Waals surface area contributed by atoms with E-state index in [9.17, 15) is 0 Å². The monoisotopic (exact) mass is 259 g/mol. The number of rotatable bonds is 6. The summed E-state index contributed by atoms with van der Waals surface area (Å²) < 4.78 is 1.84. The standard InChI is InChI=1S/C14H21N5/c1-4-13(11(3)15-5-2)14-16-17-18-19(14)12-9-7-6-8-10-12/h6-11,13,15H,4-5H2,1-3H3. The van der Waals surface area contributed by atoms with E-state index in [4.69, 9.17) is 0 Å². The van der Waals surface area contributed by atoms with Crippen LogP contribution in [0.2, 0.25) is 0 Å². The molecule has 102 valence electrons. The second-order valence-electron chi connectivity index (χ2n) is 4.65. The molecule has 0 amide bonds. The first-order valence-electron chi connectivity index (χ1n) is 6.85. The van der Waals surface area contributed by atoms with Crippen molar-refractivity contribution in [3.05, 3.63) is 36.2 Å². The quantitative estimate of drug-likeness (QED) is 0.863. The van der Waals surface area contributed by atoms with Crippen LogP contribution >= 0.6 is 0 Å². The summed E-state index contributed by atoms with van der Waals surface area (Å²) in [6, 6.07) is 10.4. The number of hydrogen-bond acceptors (Lipinski definition) is 4. The zero-order valence-electron chi connectivity index (χ0n) is 11.7. The molecule has 2 atom stereocenters. The highest BCUT2D eigenvalue weighted by Crippen LogP contribution is 2.22. The third kappa shape index (κ3) is 2.98. The topological polar surface area (TPSA) is 55.6 Å². The Morgan fingerprint density at radius 3 is 2.58 bits per heavy atom. The van der Waals surface area contributed by atoms with Crippen LogP contribution < -0.4 is 5.32 Å². The van der Waals surface area contributed by atoms with Crippen molar-refractivity contribution in [2.24, 2.45) is 0 Å². The second-order valence-corrected chi connectivity index (χ2v) is 4.65. The summed E-state index contributed by atoms with van der Waals surface area (Å²) in [5.74, 6) is 1.22. The molecule has 2 rings (SSSR count). The number of tetrazole rings is 1. The molecule has 2 aromatic rings. The Bertz CT molecular complexity index is 494. The summed E-state index contributed by atoms with van der Waals surface area (Å²) in [5, 5.41) is 15.7. The third-order valence-electron chi connectivity index (χ3n) is 3.40. The molecule has 0 bridgehead atoms. The first-order chi connectivity index (χ1) is 9.27. The summed E-state index contributed by atoms with van der Waals surface area (Å²) in [6.45, 7) is 7.41. The first-order valence-corrected chi connectivity index (χ1v) is 6.85. The Morgan fingerprint density at radius 2 is 1.95 bits per heavy atom. The van der Waals surface area contributed by atoms with E-state index in [1.165, 1.54) is 0 Å². The fourth-order valence-electron chi connectivity index (χ4n) is 2.40. The molecule has 1 heterocycles. The van der Waals surface area contributed by atoms with Gasteiger partial charge in [0, 0.05) is 12.0 Å². The molecule has 0 fully saturated rings. The van der Waals surface area contributed by atoms with Gasteiger partial charge in [-0.05, 0) is 42.4 Å². The van der Waals surface area contributed by atoms with Crippen LogP contribution in [0.4, 0.5) is 0 Å². The smallest absolute Gasteiger partial charge is 0.161 e. The highest BCUT2D eigenvalue weighted by molar-refractivity contribution is 5.31. The maximum Gasteiger partial charge on any atom is 0.161 e. The fraction of sp³-hybridized carbons (Fsp3) is 0.500. The van der Waals surface area contributed by atoms with Crippen molar-refractivity contribution in [1.29, 1.82) is 0 Å². The summed E-state index contributed by atoms with van der Waals surface area (Å²) in [5.41, 5.74) is 1.00. The van der Waals surface area contributed by atoms with Gasteiger partial charge >= 0.3 is 0 Å². The lowest BCUT2D eigenvalue weighted by atomic mass is 9.97. The SMILES string of the molecule is CCNC(C)C(CC)c1nnnn1-c1ccccc1. The van der Waals surface area contributed by atoms with E-state index in [-0.39, 0.29) is 0 Å². The van der Waals surface area contributed by atoms with Gasteiger partial charge in [-0.2, -0.15) is 4.68 Å². The minimum absolute atomic E-state index is 0.301. The molecular weight excluding hydrogens is 238 g/mol. The van der Waals surface area contributed by atoms with Gasteiger partial charge in [-0.3, -0.25) is 0 Å². The van der Waals surface area contributed by atoms with Crippen LogP contribution in [0.25, 0.3) is 5.69 Å². The molecule has 1 aromatic heterocycles. The van der Waals surface area contributed by atoms with Crippen molar-refractivity contribution in [3.8, 4) is 5.69 Å². The molecule has 0 spiro atoms.